The van der Waals surface area contributed by atoms with Crippen LogP contribution in [0.3, 0.4) is 0 Å². The molecule has 3 aliphatic carbocycles. The molecule has 0 saturated heterocycles. The number of anilines is 1. The standard InChI is InChI=1S/C33H44FN7O2/c1-20-28(21(2)40-39-20)25-15-16-27(36-31(25)34)37-33(43)30(38-32(42)26-17-18-35-41(26)19-22-13-14-22)29(23-9-5-3-6-10-23)24-11-7-4-8-12-24/h15-18,22-24,29-30H,3-14,19H2,1-2H3,(H,38,42)(H,39,40)(H,36,37,43). The number of carbonyl (C=O) groups is 2. The van der Waals surface area contributed by atoms with Gasteiger partial charge >= 0.3 is 0 Å². The van der Waals surface area contributed by atoms with E-state index in [9.17, 15) is 9.59 Å². The van der Waals surface area contributed by atoms with Gasteiger partial charge in [-0.05, 0) is 68.6 Å². The van der Waals surface area contributed by atoms with Crippen molar-refractivity contribution in [2.45, 2.75) is 103 Å². The molecule has 3 aromatic rings. The van der Waals surface area contributed by atoms with Crippen LogP contribution in [0.2, 0.25) is 0 Å². The zero-order valence-corrected chi connectivity index (χ0v) is 25.4. The van der Waals surface area contributed by atoms with Gasteiger partial charge in [0.25, 0.3) is 5.91 Å². The van der Waals surface area contributed by atoms with Gasteiger partial charge in [-0.15, -0.1) is 0 Å². The number of aromatic amines is 1. The number of hydrogen-bond acceptors (Lipinski definition) is 5. The number of hydrogen-bond donors (Lipinski definition) is 3. The van der Waals surface area contributed by atoms with E-state index in [-0.39, 0.29) is 23.6 Å². The Labute approximate surface area is 252 Å². The van der Waals surface area contributed by atoms with Gasteiger partial charge < -0.3 is 10.6 Å². The van der Waals surface area contributed by atoms with E-state index in [2.05, 4.69) is 30.9 Å². The lowest BCUT2D eigenvalue weighted by Crippen LogP contribution is -2.53. The Bertz CT molecular complexity index is 1400. The lowest BCUT2D eigenvalue weighted by molar-refractivity contribution is -0.121. The molecular weight excluding hydrogens is 545 g/mol. The van der Waals surface area contributed by atoms with Crippen molar-refractivity contribution in [3.05, 3.63) is 47.4 Å². The van der Waals surface area contributed by atoms with Gasteiger partial charge in [-0.3, -0.25) is 19.4 Å². The summed E-state index contributed by atoms with van der Waals surface area (Å²) in [5.74, 6) is 0.103. The normalized spacial score (nSPS) is 19.0. The summed E-state index contributed by atoms with van der Waals surface area (Å²) in [5, 5.41) is 17.6. The molecule has 3 saturated carbocycles. The van der Waals surface area contributed by atoms with Crippen LogP contribution < -0.4 is 10.6 Å². The van der Waals surface area contributed by atoms with E-state index < -0.39 is 12.0 Å². The monoisotopic (exact) mass is 589 g/mol. The fourth-order valence-electron chi connectivity index (χ4n) is 7.58. The highest BCUT2D eigenvalue weighted by Crippen LogP contribution is 2.42. The third-order valence-corrected chi connectivity index (χ3v) is 9.92. The highest BCUT2D eigenvalue weighted by atomic mass is 19.1. The van der Waals surface area contributed by atoms with Crippen LogP contribution in [0.1, 0.15) is 98.9 Å². The number of nitrogens with zero attached hydrogens (tertiary/aromatic N) is 4. The molecule has 6 rings (SSSR count). The van der Waals surface area contributed by atoms with Crippen molar-refractivity contribution >= 4 is 17.6 Å². The van der Waals surface area contributed by atoms with E-state index in [1.54, 1.807) is 29.1 Å². The molecule has 230 valence electrons. The number of aromatic nitrogens is 5. The summed E-state index contributed by atoms with van der Waals surface area (Å²) in [4.78, 5) is 32.2. The molecule has 3 aliphatic rings. The van der Waals surface area contributed by atoms with Crippen molar-refractivity contribution in [1.29, 1.82) is 0 Å². The Morgan fingerprint density at radius 3 is 2.23 bits per heavy atom. The fourth-order valence-corrected chi connectivity index (χ4v) is 7.58. The van der Waals surface area contributed by atoms with Crippen LogP contribution in [-0.4, -0.2) is 42.8 Å². The first-order valence-electron chi connectivity index (χ1n) is 16.2. The number of halogens is 1. The Kier molecular flexibility index (Phi) is 8.90. The van der Waals surface area contributed by atoms with E-state index in [0.717, 1.165) is 69.9 Å². The summed E-state index contributed by atoms with van der Waals surface area (Å²) in [7, 11) is 0. The van der Waals surface area contributed by atoms with E-state index in [1.165, 1.54) is 12.8 Å². The van der Waals surface area contributed by atoms with Crippen LogP contribution in [-0.2, 0) is 11.3 Å². The molecular formula is C33H44FN7O2. The van der Waals surface area contributed by atoms with Gasteiger partial charge in [0.2, 0.25) is 11.9 Å². The first kappa shape index (κ1) is 29.5. The number of aryl methyl sites for hydroxylation is 2. The predicted octanol–water partition coefficient (Wildman–Crippen LogP) is 6.35. The maximum atomic E-state index is 15.3. The first-order valence-corrected chi connectivity index (χ1v) is 16.2. The average Bonchev–Trinajstić information content (AvgIpc) is 3.60. The molecule has 43 heavy (non-hydrogen) atoms. The largest absolute Gasteiger partial charge is 0.339 e. The molecule has 0 bridgehead atoms. The summed E-state index contributed by atoms with van der Waals surface area (Å²) in [6.45, 7) is 4.37. The number of H-pyrrole nitrogens is 1. The van der Waals surface area contributed by atoms with E-state index in [4.69, 9.17) is 0 Å². The molecule has 9 nitrogen and oxygen atoms in total. The van der Waals surface area contributed by atoms with Gasteiger partial charge in [0, 0.05) is 29.6 Å². The van der Waals surface area contributed by atoms with Crippen molar-refractivity contribution in [3.63, 3.8) is 0 Å². The Balaban J connectivity index is 1.29. The topological polar surface area (TPSA) is 118 Å². The molecule has 1 atom stereocenters. The number of amides is 2. The fraction of sp³-hybridized carbons (Fsp3) is 0.606. The molecule has 2 amide bonds. The van der Waals surface area contributed by atoms with E-state index in [0.29, 0.717) is 46.8 Å². The second-order valence-electron chi connectivity index (χ2n) is 13.0. The highest BCUT2D eigenvalue weighted by Gasteiger charge is 2.41. The van der Waals surface area contributed by atoms with Crippen molar-refractivity contribution in [2.75, 3.05) is 5.32 Å². The maximum Gasteiger partial charge on any atom is 0.270 e. The minimum atomic E-state index is -0.758. The zero-order chi connectivity index (χ0) is 29.9. The van der Waals surface area contributed by atoms with Crippen LogP contribution >= 0.6 is 0 Å². The van der Waals surface area contributed by atoms with E-state index >= 15 is 4.39 Å². The molecule has 10 heteroatoms. The van der Waals surface area contributed by atoms with Gasteiger partial charge in [0.15, 0.2) is 0 Å². The Hall–Kier alpha value is -3.56. The summed E-state index contributed by atoms with van der Waals surface area (Å²) >= 11 is 0. The third-order valence-electron chi connectivity index (χ3n) is 9.92. The van der Waals surface area contributed by atoms with E-state index in [1.807, 2.05) is 13.8 Å². The lowest BCUT2D eigenvalue weighted by Gasteiger charge is -2.41. The SMILES string of the molecule is Cc1n[nH]c(C)c1-c1ccc(NC(=O)C(NC(=O)c2ccnn2CC2CC2)C(C2CCCCC2)C2CCCCC2)nc1F. The van der Waals surface area contributed by atoms with Crippen LogP contribution in [0.4, 0.5) is 10.2 Å². The van der Waals surface area contributed by atoms with Crippen molar-refractivity contribution < 1.29 is 14.0 Å². The Morgan fingerprint density at radius 1 is 0.977 bits per heavy atom. The smallest absolute Gasteiger partial charge is 0.270 e. The van der Waals surface area contributed by atoms with Crippen molar-refractivity contribution in [2.24, 2.45) is 23.7 Å². The minimum absolute atomic E-state index is 0.00435. The number of carbonyl (C=O) groups excluding carboxylic acids is 2. The quantitative estimate of drug-likeness (QED) is 0.238. The van der Waals surface area contributed by atoms with Crippen LogP contribution in [0.5, 0.6) is 0 Å². The zero-order valence-electron chi connectivity index (χ0n) is 25.4. The number of rotatable bonds is 10. The van der Waals surface area contributed by atoms with Crippen LogP contribution in [0, 0.1) is 43.5 Å². The van der Waals surface area contributed by atoms with Gasteiger partial charge in [-0.1, -0.05) is 64.2 Å². The molecule has 0 aliphatic heterocycles. The molecule has 1 unspecified atom stereocenters. The molecule has 3 aromatic heterocycles. The maximum absolute atomic E-state index is 15.3. The summed E-state index contributed by atoms with van der Waals surface area (Å²) in [6, 6.07) is 4.23. The summed E-state index contributed by atoms with van der Waals surface area (Å²) in [5.41, 5.74) is 2.92. The summed E-state index contributed by atoms with van der Waals surface area (Å²) < 4.78 is 17.1. The summed E-state index contributed by atoms with van der Waals surface area (Å²) in [6.07, 6.45) is 15.2. The van der Waals surface area contributed by atoms with Crippen molar-refractivity contribution in [1.82, 2.24) is 30.3 Å². The molecule has 3 N–H and O–H groups in total. The molecule has 3 fully saturated rings. The molecule has 0 radical (unpaired) electrons. The van der Waals surface area contributed by atoms with Gasteiger partial charge in [-0.25, -0.2) is 4.98 Å². The van der Waals surface area contributed by atoms with Gasteiger partial charge in [0.05, 0.1) is 5.69 Å². The second-order valence-corrected chi connectivity index (χ2v) is 13.0. The molecule has 0 spiro atoms. The molecule has 3 heterocycles. The lowest BCUT2D eigenvalue weighted by atomic mass is 9.66. The average molecular weight is 590 g/mol. The third kappa shape index (κ3) is 6.68. The minimum Gasteiger partial charge on any atom is -0.339 e. The van der Waals surface area contributed by atoms with Gasteiger partial charge in [-0.2, -0.15) is 14.6 Å². The van der Waals surface area contributed by atoms with Crippen molar-refractivity contribution in [3.8, 4) is 11.1 Å². The molecule has 0 aromatic carbocycles. The van der Waals surface area contributed by atoms with Crippen LogP contribution in [0.25, 0.3) is 11.1 Å². The number of pyridine rings is 1. The van der Waals surface area contributed by atoms with Gasteiger partial charge in [0.1, 0.15) is 17.6 Å². The first-order chi connectivity index (χ1) is 20.9. The van der Waals surface area contributed by atoms with Crippen LogP contribution in [0.15, 0.2) is 24.4 Å². The Morgan fingerprint density at radius 2 is 1.65 bits per heavy atom. The number of nitrogens with one attached hydrogen (secondary N) is 3. The predicted molar refractivity (Wildman–Crippen MR) is 163 cm³/mol. The highest BCUT2D eigenvalue weighted by molar-refractivity contribution is 6.00. The second kappa shape index (κ2) is 13.0.